The van der Waals surface area contributed by atoms with Crippen LogP contribution in [0.1, 0.15) is 36.2 Å². The minimum absolute atomic E-state index is 0.0517. The molecule has 184 valence electrons. The third-order valence-corrected chi connectivity index (χ3v) is 7.23. The Morgan fingerprint density at radius 2 is 1.60 bits per heavy atom. The van der Waals surface area contributed by atoms with Crippen LogP contribution in [0.2, 0.25) is 0 Å². The van der Waals surface area contributed by atoms with Crippen molar-refractivity contribution >= 4 is 33.2 Å². The molecule has 0 aliphatic carbocycles. The summed E-state index contributed by atoms with van der Waals surface area (Å²) < 4.78 is 41.2. The molecule has 0 unspecified atom stereocenters. The number of hydrogen-bond donors (Lipinski definition) is 2. The van der Waals surface area contributed by atoms with Gasteiger partial charge >= 0.3 is 0 Å². The molecule has 0 aliphatic heterocycles. The molecule has 0 heterocycles. The van der Waals surface area contributed by atoms with Gasteiger partial charge in [0.05, 0.1) is 21.8 Å². The van der Waals surface area contributed by atoms with E-state index in [-0.39, 0.29) is 33.8 Å². The summed E-state index contributed by atoms with van der Waals surface area (Å²) in [4.78, 5) is 25.6. The summed E-state index contributed by atoms with van der Waals surface area (Å²) in [7, 11) is -4.19. The maximum atomic E-state index is 13.4. The van der Waals surface area contributed by atoms with Crippen molar-refractivity contribution in [1.29, 1.82) is 0 Å². The Morgan fingerprint density at radius 3 is 2.23 bits per heavy atom. The molecule has 0 aromatic heterocycles. The van der Waals surface area contributed by atoms with Crippen LogP contribution in [0.25, 0.3) is 0 Å². The van der Waals surface area contributed by atoms with E-state index < -0.39 is 28.3 Å². The Kier molecular flexibility index (Phi) is 8.24. The van der Waals surface area contributed by atoms with E-state index in [9.17, 15) is 22.4 Å². The molecule has 0 aliphatic rings. The number of nitrogens with one attached hydrogen (secondary N) is 2. The van der Waals surface area contributed by atoms with Gasteiger partial charge in [-0.3, -0.25) is 13.9 Å². The maximum absolute atomic E-state index is 13.4. The number of carbonyl (C=O) groups is 2. The minimum Gasteiger partial charge on any atom is -0.350 e. The lowest BCUT2D eigenvalue weighted by atomic mass is 10.1. The highest BCUT2D eigenvalue weighted by atomic mass is 32.2. The van der Waals surface area contributed by atoms with Gasteiger partial charge in [-0.1, -0.05) is 36.8 Å². The summed E-state index contributed by atoms with van der Waals surface area (Å²) in [6.45, 7) is 5.12. The molecular weight excluding hydrogens is 469 g/mol. The van der Waals surface area contributed by atoms with E-state index in [2.05, 4.69) is 10.6 Å². The second-order valence-corrected chi connectivity index (χ2v) is 10.0. The predicted molar refractivity (Wildman–Crippen MR) is 134 cm³/mol. The third-order valence-electron chi connectivity index (χ3n) is 5.45. The van der Waals surface area contributed by atoms with Crippen molar-refractivity contribution < 1.29 is 22.4 Å². The number of sulfonamides is 1. The number of benzene rings is 3. The Bertz CT molecular complexity index is 1290. The van der Waals surface area contributed by atoms with Crippen molar-refractivity contribution in [3.05, 3.63) is 89.7 Å². The smallest absolute Gasteiger partial charge is 0.264 e. The molecule has 2 amide bonds. The van der Waals surface area contributed by atoms with Gasteiger partial charge in [0, 0.05) is 6.04 Å². The summed E-state index contributed by atoms with van der Waals surface area (Å²) in [5, 5.41) is 5.52. The van der Waals surface area contributed by atoms with Gasteiger partial charge in [-0.05, 0) is 68.8 Å². The summed E-state index contributed by atoms with van der Waals surface area (Å²) in [6.07, 6.45) is 0.743. The Balaban J connectivity index is 1.90. The van der Waals surface area contributed by atoms with Gasteiger partial charge in [0.2, 0.25) is 5.91 Å². The van der Waals surface area contributed by atoms with Crippen LogP contribution in [0.5, 0.6) is 0 Å². The van der Waals surface area contributed by atoms with Crippen LogP contribution in [0.4, 0.5) is 15.8 Å². The molecule has 35 heavy (non-hydrogen) atoms. The van der Waals surface area contributed by atoms with Gasteiger partial charge < -0.3 is 10.6 Å². The lowest BCUT2D eigenvalue weighted by molar-refractivity contribution is -0.114. The lowest BCUT2D eigenvalue weighted by Crippen LogP contribution is -2.38. The standard InChI is InChI=1S/C26H28FN3O4S/c1-4-19(3)28-26(32)23-7-5-6-8-24(23)29-25(31)17-30(21-13-9-18(2)10-14-21)35(33,34)22-15-11-20(27)12-16-22/h5-16,19H,4,17H2,1-3H3,(H,28,32)(H,29,31)/t19-/m0/s1. The Labute approximate surface area is 205 Å². The van der Waals surface area contributed by atoms with Crippen molar-refractivity contribution in [2.75, 3.05) is 16.2 Å². The molecule has 3 rings (SSSR count). The van der Waals surface area contributed by atoms with Gasteiger partial charge in [0.1, 0.15) is 12.4 Å². The van der Waals surface area contributed by atoms with Gasteiger partial charge in [0.25, 0.3) is 15.9 Å². The normalized spacial score (nSPS) is 12.0. The number of nitrogens with zero attached hydrogens (tertiary/aromatic N) is 1. The summed E-state index contributed by atoms with van der Waals surface area (Å²) in [6, 6.07) is 17.5. The fraction of sp³-hybridized carbons (Fsp3) is 0.231. The van der Waals surface area contributed by atoms with Crippen LogP contribution in [-0.4, -0.2) is 32.8 Å². The SMILES string of the molecule is CC[C@H](C)NC(=O)c1ccccc1NC(=O)CN(c1ccc(C)cc1)S(=O)(=O)c1ccc(F)cc1. The molecule has 1 atom stereocenters. The monoisotopic (exact) mass is 497 g/mol. The summed E-state index contributed by atoms with van der Waals surface area (Å²) >= 11 is 0. The molecule has 0 saturated carbocycles. The number of carbonyl (C=O) groups excluding carboxylic acids is 2. The van der Waals surface area contributed by atoms with Crippen molar-refractivity contribution in [1.82, 2.24) is 5.32 Å². The zero-order valence-corrected chi connectivity index (χ0v) is 20.6. The quantitative estimate of drug-likeness (QED) is 0.455. The lowest BCUT2D eigenvalue weighted by Gasteiger charge is -2.24. The van der Waals surface area contributed by atoms with Crippen molar-refractivity contribution in [3.8, 4) is 0 Å². The van der Waals surface area contributed by atoms with Crippen LogP contribution in [-0.2, 0) is 14.8 Å². The number of aryl methyl sites for hydroxylation is 1. The van der Waals surface area contributed by atoms with Crippen molar-refractivity contribution in [2.45, 2.75) is 38.1 Å². The number of halogens is 1. The van der Waals surface area contributed by atoms with Crippen LogP contribution < -0.4 is 14.9 Å². The molecule has 3 aromatic rings. The van der Waals surface area contributed by atoms with Gasteiger partial charge in [-0.15, -0.1) is 0 Å². The van der Waals surface area contributed by atoms with Gasteiger partial charge in [-0.2, -0.15) is 0 Å². The van der Waals surface area contributed by atoms with Crippen LogP contribution in [0, 0.1) is 12.7 Å². The molecule has 0 bridgehead atoms. The number of para-hydroxylation sites is 1. The molecule has 2 N–H and O–H groups in total. The predicted octanol–water partition coefficient (Wildman–Crippen LogP) is 4.50. The second kappa shape index (κ2) is 11.1. The van der Waals surface area contributed by atoms with Crippen molar-refractivity contribution in [3.63, 3.8) is 0 Å². The fourth-order valence-electron chi connectivity index (χ4n) is 3.27. The maximum Gasteiger partial charge on any atom is 0.264 e. The highest BCUT2D eigenvalue weighted by molar-refractivity contribution is 7.92. The zero-order valence-electron chi connectivity index (χ0n) is 19.8. The van der Waals surface area contributed by atoms with Crippen LogP contribution >= 0.6 is 0 Å². The molecule has 0 fully saturated rings. The summed E-state index contributed by atoms with van der Waals surface area (Å²) in [5.74, 6) is -1.56. The highest BCUT2D eigenvalue weighted by Crippen LogP contribution is 2.25. The average Bonchev–Trinajstić information content (AvgIpc) is 2.83. The molecule has 9 heteroatoms. The van der Waals surface area contributed by atoms with Crippen LogP contribution in [0.15, 0.2) is 77.7 Å². The molecule has 7 nitrogen and oxygen atoms in total. The topological polar surface area (TPSA) is 95.6 Å². The van der Waals surface area contributed by atoms with E-state index in [0.717, 1.165) is 40.6 Å². The molecule has 3 aromatic carbocycles. The zero-order chi connectivity index (χ0) is 25.6. The minimum atomic E-state index is -4.19. The first-order valence-corrected chi connectivity index (χ1v) is 12.6. The molecule has 0 radical (unpaired) electrons. The van der Waals surface area contributed by atoms with Gasteiger partial charge in [0.15, 0.2) is 0 Å². The van der Waals surface area contributed by atoms with E-state index in [1.165, 1.54) is 0 Å². The van der Waals surface area contributed by atoms with Crippen LogP contribution in [0.3, 0.4) is 0 Å². The number of amides is 2. The fourth-order valence-corrected chi connectivity index (χ4v) is 4.69. The molecule has 0 spiro atoms. The van der Waals surface area contributed by atoms with Gasteiger partial charge in [-0.25, -0.2) is 12.8 Å². The van der Waals surface area contributed by atoms with E-state index >= 15 is 0 Å². The Morgan fingerprint density at radius 1 is 0.971 bits per heavy atom. The third kappa shape index (κ3) is 6.45. The number of rotatable bonds is 9. The van der Waals surface area contributed by atoms with E-state index in [1.54, 1.807) is 48.5 Å². The van der Waals surface area contributed by atoms with Crippen molar-refractivity contribution in [2.24, 2.45) is 0 Å². The summed E-state index contributed by atoms with van der Waals surface area (Å²) in [5.41, 5.74) is 1.72. The Hall–Kier alpha value is -3.72. The highest BCUT2D eigenvalue weighted by Gasteiger charge is 2.28. The van der Waals surface area contributed by atoms with E-state index in [1.807, 2.05) is 20.8 Å². The molecular formula is C26H28FN3O4S. The van der Waals surface area contributed by atoms with E-state index in [4.69, 9.17) is 0 Å². The first-order chi connectivity index (χ1) is 16.6. The second-order valence-electron chi connectivity index (χ2n) is 8.18. The molecule has 0 saturated heterocycles. The van der Waals surface area contributed by atoms with E-state index in [0.29, 0.717) is 0 Å². The first-order valence-electron chi connectivity index (χ1n) is 11.2. The average molecular weight is 498 g/mol. The first kappa shape index (κ1) is 25.9. The number of hydrogen-bond acceptors (Lipinski definition) is 4. The number of anilines is 2. The largest absolute Gasteiger partial charge is 0.350 e.